The van der Waals surface area contributed by atoms with Gasteiger partial charge < -0.3 is 4.74 Å². The van der Waals surface area contributed by atoms with Gasteiger partial charge in [-0.05, 0) is 37.8 Å². The van der Waals surface area contributed by atoms with Crippen LogP contribution in [0.1, 0.15) is 51.2 Å². The lowest BCUT2D eigenvalue weighted by Gasteiger charge is -2.16. The highest BCUT2D eigenvalue weighted by atomic mass is 16.5. The van der Waals surface area contributed by atoms with Crippen LogP contribution in [0.3, 0.4) is 0 Å². The zero-order valence-electron chi connectivity index (χ0n) is 11.8. The van der Waals surface area contributed by atoms with Crippen LogP contribution in [-0.2, 0) is 0 Å². The third kappa shape index (κ3) is 4.64. The van der Waals surface area contributed by atoms with Gasteiger partial charge in [0.1, 0.15) is 23.5 Å². The van der Waals surface area contributed by atoms with Gasteiger partial charge in [0.2, 0.25) is 0 Å². The van der Waals surface area contributed by atoms with Crippen molar-refractivity contribution in [1.82, 2.24) is 0 Å². The van der Waals surface area contributed by atoms with E-state index in [9.17, 15) is 0 Å². The molecule has 1 rings (SSSR count). The van der Waals surface area contributed by atoms with Crippen molar-refractivity contribution in [2.24, 2.45) is 5.92 Å². The third-order valence-electron chi connectivity index (χ3n) is 2.98. The van der Waals surface area contributed by atoms with Crippen LogP contribution < -0.4 is 4.74 Å². The Morgan fingerprint density at radius 2 is 1.84 bits per heavy atom. The lowest BCUT2D eigenvalue weighted by Crippen LogP contribution is -2.13. The summed E-state index contributed by atoms with van der Waals surface area (Å²) in [5.74, 6) is 1.21. The first kappa shape index (κ1) is 15.1. The second kappa shape index (κ2) is 7.44. The number of ether oxygens (including phenoxy) is 1. The van der Waals surface area contributed by atoms with Gasteiger partial charge in [-0.25, -0.2) is 0 Å². The summed E-state index contributed by atoms with van der Waals surface area (Å²) in [5.41, 5.74) is 0.704. The minimum absolute atomic E-state index is 0.0554. The van der Waals surface area contributed by atoms with Crippen molar-refractivity contribution in [1.29, 1.82) is 10.5 Å². The van der Waals surface area contributed by atoms with Crippen LogP contribution in [0.25, 0.3) is 0 Å². The van der Waals surface area contributed by atoms with Crippen molar-refractivity contribution < 1.29 is 4.74 Å². The highest BCUT2D eigenvalue weighted by molar-refractivity contribution is 5.53. The molecule has 19 heavy (non-hydrogen) atoms. The first-order chi connectivity index (χ1) is 9.08. The van der Waals surface area contributed by atoms with E-state index in [0.717, 1.165) is 12.8 Å². The molecule has 0 spiro atoms. The van der Waals surface area contributed by atoms with Gasteiger partial charge in [-0.2, -0.15) is 10.5 Å². The zero-order valence-corrected chi connectivity index (χ0v) is 11.8. The number of benzene rings is 1. The highest BCUT2D eigenvalue weighted by Gasteiger charge is 2.12. The van der Waals surface area contributed by atoms with Crippen molar-refractivity contribution in [2.45, 2.75) is 46.1 Å². The van der Waals surface area contributed by atoms with E-state index < -0.39 is 0 Å². The van der Waals surface area contributed by atoms with Crippen LogP contribution in [0.4, 0.5) is 0 Å². The van der Waals surface area contributed by atoms with Crippen LogP contribution in [0.5, 0.6) is 5.75 Å². The highest BCUT2D eigenvalue weighted by Crippen LogP contribution is 2.23. The Morgan fingerprint density at radius 1 is 1.11 bits per heavy atom. The van der Waals surface area contributed by atoms with E-state index in [0.29, 0.717) is 22.8 Å². The van der Waals surface area contributed by atoms with Crippen LogP contribution in [0, 0.1) is 28.6 Å². The Labute approximate surface area is 115 Å². The predicted octanol–water partition coefficient (Wildman–Crippen LogP) is 4.02. The Hall–Kier alpha value is -2.00. The molecule has 1 unspecified atom stereocenters. The summed E-state index contributed by atoms with van der Waals surface area (Å²) in [5, 5.41) is 18.1. The first-order valence-electron chi connectivity index (χ1n) is 6.68. The average Bonchev–Trinajstić information content (AvgIpc) is 2.37. The smallest absolute Gasteiger partial charge is 0.138 e. The molecule has 0 amide bonds. The van der Waals surface area contributed by atoms with Gasteiger partial charge in [-0.3, -0.25) is 0 Å². The zero-order chi connectivity index (χ0) is 14.3. The maximum atomic E-state index is 9.11. The van der Waals surface area contributed by atoms with Crippen molar-refractivity contribution in [3.63, 3.8) is 0 Å². The molecular weight excluding hydrogens is 236 g/mol. The SMILES string of the molecule is CC(C)CCCC(C)Oc1cccc(C#N)c1C#N. The van der Waals surface area contributed by atoms with E-state index in [2.05, 4.69) is 13.8 Å². The molecule has 3 heteroatoms. The Morgan fingerprint density at radius 3 is 2.42 bits per heavy atom. The van der Waals surface area contributed by atoms with Gasteiger partial charge in [-0.15, -0.1) is 0 Å². The van der Waals surface area contributed by atoms with Crippen LogP contribution in [-0.4, -0.2) is 6.10 Å². The van der Waals surface area contributed by atoms with Crippen LogP contribution in [0.15, 0.2) is 18.2 Å². The molecule has 0 bridgehead atoms. The summed E-state index contributed by atoms with van der Waals surface area (Å²) in [6.07, 6.45) is 3.30. The van der Waals surface area contributed by atoms with Gasteiger partial charge in [0.05, 0.1) is 11.7 Å². The molecule has 0 heterocycles. The molecule has 0 saturated heterocycles. The number of hydrogen-bond donors (Lipinski definition) is 0. The second-order valence-corrected chi connectivity index (χ2v) is 5.16. The van der Waals surface area contributed by atoms with Crippen LogP contribution >= 0.6 is 0 Å². The molecule has 1 atom stereocenters. The summed E-state index contributed by atoms with van der Waals surface area (Å²) < 4.78 is 5.79. The van der Waals surface area contributed by atoms with Gasteiger partial charge in [-0.1, -0.05) is 26.3 Å². The number of rotatable bonds is 6. The molecule has 0 radical (unpaired) electrons. The lowest BCUT2D eigenvalue weighted by atomic mass is 10.0. The fraction of sp³-hybridized carbons (Fsp3) is 0.500. The Balaban J connectivity index is 2.67. The molecule has 100 valence electrons. The van der Waals surface area contributed by atoms with E-state index in [1.54, 1.807) is 18.2 Å². The van der Waals surface area contributed by atoms with Crippen molar-refractivity contribution in [3.8, 4) is 17.9 Å². The molecule has 0 N–H and O–H groups in total. The van der Waals surface area contributed by atoms with E-state index in [4.69, 9.17) is 15.3 Å². The number of nitrogens with zero attached hydrogens (tertiary/aromatic N) is 2. The quantitative estimate of drug-likeness (QED) is 0.772. The largest absolute Gasteiger partial charge is 0.489 e. The van der Waals surface area contributed by atoms with E-state index >= 15 is 0 Å². The van der Waals surface area contributed by atoms with Gasteiger partial charge in [0.15, 0.2) is 0 Å². The fourth-order valence-electron chi connectivity index (χ4n) is 1.93. The Bertz CT molecular complexity index is 494. The predicted molar refractivity (Wildman–Crippen MR) is 74.7 cm³/mol. The molecule has 3 nitrogen and oxygen atoms in total. The third-order valence-corrected chi connectivity index (χ3v) is 2.98. The maximum absolute atomic E-state index is 9.11. The first-order valence-corrected chi connectivity index (χ1v) is 6.68. The monoisotopic (exact) mass is 256 g/mol. The molecule has 1 aromatic rings. The molecule has 0 aromatic heterocycles. The molecule has 0 aliphatic heterocycles. The van der Waals surface area contributed by atoms with Gasteiger partial charge >= 0.3 is 0 Å². The van der Waals surface area contributed by atoms with Gasteiger partial charge in [0.25, 0.3) is 0 Å². The van der Waals surface area contributed by atoms with Gasteiger partial charge in [0, 0.05) is 0 Å². The number of nitriles is 2. The molecule has 1 aromatic carbocycles. The minimum atomic E-state index is 0.0554. The van der Waals surface area contributed by atoms with E-state index in [-0.39, 0.29) is 6.10 Å². The molecule has 0 aliphatic rings. The summed E-state index contributed by atoms with van der Waals surface area (Å²) >= 11 is 0. The lowest BCUT2D eigenvalue weighted by molar-refractivity contribution is 0.204. The molecule has 0 fully saturated rings. The Kier molecular flexibility index (Phi) is 5.90. The summed E-state index contributed by atoms with van der Waals surface area (Å²) in [6.45, 7) is 6.41. The molecular formula is C16H20N2O. The average molecular weight is 256 g/mol. The maximum Gasteiger partial charge on any atom is 0.138 e. The fourth-order valence-corrected chi connectivity index (χ4v) is 1.93. The van der Waals surface area contributed by atoms with Crippen molar-refractivity contribution >= 4 is 0 Å². The standard InChI is InChI=1S/C16H20N2O/c1-12(2)6-4-7-13(3)19-16-9-5-8-14(10-17)15(16)11-18/h5,8-9,12-13H,4,6-7H2,1-3H3. The summed E-state index contributed by atoms with van der Waals surface area (Å²) in [7, 11) is 0. The molecule has 0 aliphatic carbocycles. The number of hydrogen-bond acceptors (Lipinski definition) is 3. The van der Waals surface area contributed by atoms with Crippen molar-refractivity contribution in [3.05, 3.63) is 29.3 Å². The second-order valence-electron chi connectivity index (χ2n) is 5.16. The van der Waals surface area contributed by atoms with Crippen molar-refractivity contribution in [2.75, 3.05) is 0 Å². The summed E-state index contributed by atoms with van der Waals surface area (Å²) in [4.78, 5) is 0. The minimum Gasteiger partial charge on any atom is -0.489 e. The molecule has 0 saturated carbocycles. The topological polar surface area (TPSA) is 56.8 Å². The van der Waals surface area contributed by atoms with E-state index in [1.807, 2.05) is 19.1 Å². The van der Waals surface area contributed by atoms with E-state index in [1.165, 1.54) is 6.42 Å². The normalized spacial score (nSPS) is 11.7. The van der Waals surface area contributed by atoms with Crippen LogP contribution in [0.2, 0.25) is 0 Å². The summed E-state index contributed by atoms with van der Waals surface area (Å²) in [6, 6.07) is 9.19.